The molecule has 1 atom stereocenters. The Morgan fingerprint density at radius 3 is 2.67 bits per heavy atom. The Balaban J connectivity index is 1.81. The van der Waals surface area contributed by atoms with Crippen molar-refractivity contribution in [1.82, 2.24) is 0 Å². The van der Waals surface area contributed by atoms with Gasteiger partial charge in [0, 0.05) is 13.0 Å². The van der Waals surface area contributed by atoms with E-state index in [1.807, 2.05) is 19.1 Å². The van der Waals surface area contributed by atoms with Gasteiger partial charge >= 0.3 is 0 Å². The van der Waals surface area contributed by atoms with Crippen molar-refractivity contribution < 1.29 is 27.9 Å². The summed E-state index contributed by atoms with van der Waals surface area (Å²) in [7, 11) is -1.98. The van der Waals surface area contributed by atoms with Gasteiger partial charge in [-0.05, 0) is 42.8 Å². The van der Waals surface area contributed by atoms with Crippen molar-refractivity contribution in [3.05, 3.63) is 42.0 Å². The van der Waals surface area contributed by atoms with E-state index >= 15 is 0 Å². The van der Waals surface area contributed by atoms with Crippen LogP contribution in [0.3, 0.4) is 0 Å². The number of phenolic OH excluding ortho intramolecular Hbond substituents is 1. The highest BCUT2D eigenvalue weighted by atomic mass is 32.2. The number of methoxy groups -OCH3 is 1. The van der Waals surface area contributed by atoms with Crippen LogP contribution in [0.2, 0.25) is 0 Å². The number of nitrogens with zero attached hydrogens (tertiary/aromatic N) is 1. The zero-order valence-electron chi connectivity index (χ0n) is 17.0. The summed E-state index contributed by atoms with van der Waals surface area (Å²) in [4.78, 5) is 26.8. The van der Waals surface area contributed by atoms with Crippen LogP contribution in [-0.2, 0) is 19.4 Å². The minimum absolute atomic E-state index is 0.00333. The molecule has 30 heavy (non-hydrogen) atoms. The summed E-state index contributed by atoms with van der Waals surface area (Å²) in [6, 6.07) is 9.19. The van der Waals surface area contributed by atoms with E-state index in [-0.39, 0.29) is 41.0 Å². The molecule has 1 fully saturated rings. The molecule has 1 heterocycles. The first-order chi connectivity index (χ1) is 14.2. The molecule has 0 radical (unpaired) electrons. The Bertz CT molecular complexity index is 1100. The lowest BCUT2D eigenvalue weighted by molar-refractivity contribution is -0.122. The van der Waals surface area contributed by atoms with Gasteiger partial charge in [-0.1, -0.05) is 13.0 Å². The summed E-state index contributed by atoms with van der Waals surface area (Å²) in [5, 5.41) is 12.6. The molecule has 2 aromatic rings. The van der Waals surface area contributed by atoms with Crippen LogP contribution in [0.25, 0.3) is 0 Å². The van der Waals surface area contributed by atoms with E-state index in [9.17, 15) is 23.1 Å². The van der Waals surface area contributed by atoms with Gasteiger partial charge in [0.2, 0.25) is 11.8 Å². The zero-order valence-corrected chi connectivity index (χ0v) is 17.8. The fourth-order valence-corrected chi connectivity index (χ4v) is 4.24. The van der Waals surface area contributed by atoms with Gasteiger partial charge in [0.1, 0.15) is 11.5 Å². The maximum atomic E-state index is 12.8. The summed E-state index contributed by atoms with van der Waals surface area (Å²) in [6.45, 7) is 3.56. The van der Waals surface area contributed by atoms with Gasteiger partial charge in [0.05, 0.1) is 35.1 Å². The number of amides is 2. The predicted molar refractivity (Wildman–Crippen MR) is 113 cm³/mol. The highest BCUT2D eigenvalue weighted by Gasteiger charge is 2.36. The number of anilines is 2. The van der Waals surface area contributed by atoms with Gasteiger partial charge in [0.25, 0.3) is 0 Å². The molecule has 0 spiro atoms. The van der Waals surface area contributed by atoms with E-state index in [0.29, 0.717) is 11.4 Å². The standard InChI is InChI=1S/C21H24N2O6S/c1-4-30(27,28)15-6-7-18(24)16(11-15)22-21(26)14-10-20(25)23(12-14)17-9-13(2)5-8-19(17)29-3/h5-9,11,14,24H,4,10,12H2,1-3H3,(H,22,26). The third kappa shape index (κ3) is 4.25. The molecule has 0 saturated carbocycles. The lowest BCUT2D eigenvalue weighted by atomic mass is 10.1. The largest absolute Gasteiger partial charge is 0.506 e. The van der Waals surface area contributed by atoms with Crippen molar-refractivity contribution in [2.75, 3.05) is 29.6 Å². The Morgan fingerprint density at radius 2 is 2.00 bits per heavy atom. The lowest BCUT2D eigenvalue weighted by Gasteiger charge is -2.20. The van der Waals surface area contributed by atoms with Crippen molar-refractivity contribution in [3.8, 4) is 11.5 Å². The van der Waals surface area contributed by atoms with Crippen molar-refractivity contribution in [2.24, 2.45) is 5.92 Å². The second-order valence-electron chi connectivity index (χ2n) is 7.15. The van der Waals surface area contributed by atoms with Crippen LogP contribution in [0.5, 0.6) is 11.5 Å². The molecule has 1 aliphatic heterocycles. The van der Waals surface area contributed by atoms with Crippen molar-refractivity contribution in [2.45, 2.75) is 25.2 Å². The molecule has 3 rings (SSSR count). The highest BCUT2D eigenvalue weighted by molar-refractivity contribution is 7.91. The van der Waals surface area contributed by atoms with E-state index in [1.54, 1.807) is 6.07 Å². The zero-order chi connectivity index (χ0) is 22.1. The van der Waals surface area contributed by atoms with Crippen LogP contribution in [0.15, 0.2) is 41.3 Å². The quantitative estimate of drug-likeness (QED) is 0.678. The van der Waals surface area contributed by atoms with Crippen LogP contribution in [-0.4, -0.2) is 44.7 Å². The van der Waals surface area contributed by atoms with Crippen LogP contribution in [0.1, 0.15) is 18.9 Å². The average Bonchev–Trinajstić information content (AvgIpc) is 3.11. The molecule has 1 saturated heterocycles. The lowest BCUT2D eigenvalue weighted by Crippen LogP contribution is -2.28. The van der Waals surface area contributed by atoms with Crippen molar-refractivity contribution in [1.29, 1.82) is 0 Å². The highest BCUT2D eigenvalue weighted by Crippen LogP contribution is 2.35. The van der Waals surface area contributed by atoms with Crippen LogP contribution >= 0.6 is 0 Å². The first-order valence-corrected chi connectivity index (χ1v) is 11.1. The number of benzene rings is 2. The summed E-state index contributed by atoms with van der Waals surface area (Å²) < 4.78 is 29.5. The molecule has 9 heteroatoms. The summed E-state index contributed by atoms with van der Waals surface area (Å²) in [5.74, 6) is -1.17. The number of carbonyl (C=O) groups is 2. The SMILES string of the molecule is CCS(=O)(=O)c1ccc(O)c(NC(=O)C2CC(=O)N(c3cc(C)ccc3OC)C2)c1. The molecule has 2 amide bonds. The Hall–Kier alpha value is -3.07. The minimum atomic E-state index is -3.50. The second kappa shape index (κ2) is 8.35. The number of hydrogen-bond acceptors (Lipinski definition) is 6. The van der Waals surface area contributed by atoms with Crippen molar-refractivity contribution in [3.63, 3.8) is 0 Å². The molecule has 160 valence electrons. The van der Waals surface area contributed by atoms with Crippen LogP contribution < -0.4 is 15.0 Å². The molecule has 1 unspecified atom stereocenters. The number of hydrogen-bond donors (Lipinski definition) is 2. The molecule has 0 bridgehead atoms. The third-order valence-electron chi connectivity index (χ3n) is 5.09. The van der Waals surface area contributed by atoms with Gasteiger partial charge in [-0.25, -0.2) is 8.42 Å². The third-order valence-corrected chi connectivity index (χ3v) is 6.82. The van der Waals surface area contributed by atoms with Gasteiger partial charge in [-0.2, -0.15) is 0 Å². The van der Waals surface area contributed by atoms with E-state index in [1.165, 1.54) is 37.1 Å². The Kier molecular flexibility index (Phi) is 6.02. The predicted octanol–water partition coefficient (Wildman–Crippen LogP) is 2.49. The summed E-state index contributed by atoms with van der Waals surface area (Å²) >= 11 is 0. The Morgan fingerprint density at radius 1 is 1.27 bits per heavy atom. The number of rotatable bonds is 6. The molecule has 0 aromatic heterocycles. The number of ether oxygens (including phenoxy) is 1. The second-order valence-corrected chi connectivity index (χ2v) is 9.43. The fraction of sp³-hybridized carbons (Fsp3) is 0.333. The normalized spacial score (nSPS) is 16.6. The molecule has 1 aliphatic rings. The molecular weight excluding hydrogens is 408 g/mol. The number of aromatic hydroxyl groups is 1. The van der Waals surface area contributed by atoms with Gasteiger partial charge in [0.15, 0.2) is 9.84 Å². The van der Waals surface area contributed by atoms with Gasteiger partial charge in [-0.15, -0.1) is 0 Å². The first kappa shape index (κ1) is 21.6. The number of carbonyl (C=O) groups excluding carboxylic acids is 2. The van der Waals surface area contributed by atoms with Crippen molar-refractivity contribution >= 4 is 33.0 Å². The molecule has 8 nitrogen and oxygen atoms in total. The number of nitrogens with one attached hydrogen (secondary N) is 1. The monoisotopic (exact) mass is 432 g/mol. The van der Waals surface area contributed by atoms with Gasteiger partial charge < -0.3 is 20.1 Å². The van der Waals surface area contributed by atoms with E-state index in [0.717, 1.165) is 5.56 Å². The van der Waals surface area contributed by atoms with E-state index < -0.39 is 21.7 Å². The molecular formula is C21H24N2O6S. The topological polar surface area (TPSA) is 113 Å². The number of aryl methyl sites for hydroxylation is 1. The smallest absolute Gasteiger partial charge is 0.229 e. The molecule has 2 N–H and O–H groups in total. The molecule has 2 aromatic carbocycles. The van der Waals surface area contributed by atoms with Crippen LogP contribution in [0.4, 0.5) is 11.4 Å². The van der Waals surface area contributed by atoms with E-state index in [4.69, 9.17) is 4.74 Å². The number of phenols is 1. The number of sulfone groups is 1. The maximum absolute atomic E-state index is 12.8. The van der Waals surface area contributed by atoms with Crippen LogP contribution in [0, 0.1) is 12.8 Å². The minimum Gasteiger partial charge on any atom is -0.506 e. The summed E-state index contributed by atoms with van der Waals surface area (Å²) in [5.41, 5.74) is 1.54. The fourth-order valence-electron chi connectivity index (χ4n) is 3.34. The van der Waals surface area contributed by atoms with Gasteiger partial charge in [-0.3, -0.25) is 9.59 Å². The molecule has 0 aliphatic carbocycles. The Labute approximate surface area is 175 Å². The van der Waals surface area contributed by atoms with E-state index in [2.05, 4.69) is 5.32 Å². The first-order valence-electron chi connectivity index (χ1n) is 9.48. The average molecular weight is 432 g/mol. The summed E-state index contributed by atoms with van der Waals surface area (Å²) in [6.07, 6.45) is -0.00333. The maximum Gasteiger partial charge on any atom is 0.229 e.